The summed E-state index contributed by atoms with van der Waals surface area (Å²) in [7, 11) is -4.93. The topological polar surface area (TPSA) is 115 Å². The first-order chi connectivity index (χ1) is 11.9. The highest BCUT2D eigenvalue weighted by Crippen LogP contribution is 2.30. The molecule has 11 heteroatoms. The number of oxazole rings is 1. The summed E-state index contributed by atoms with van der Waals surface area (Å²) in [6.45, 7) is 5.78. The zero-order valence-electron chi connectivity index (χ0n) is 14.2. The number of alkyl halides is 2. The third kappa shape index (κ3) is 4.15. The Kier molecular flexibility index (Phi) is 5.31. The number of nitrogens with one attached hydrogen (secondary N) is 1. The van der Waals surface area contributed by atoms with E-state index >= 15 is 0 Å². The van der Waals surface area contributed by atoms with Crippen molar-refractivity contribution in [1.29, 1.82) is 0 Å². The quantitative estimate of drug-likeness (QED) is 0.594. The molecule has 1 N–H and O–H groups in total. The van der Waals surface area contributed by atoms with Gasteiger partial charge in [0.05, 0.1) is 22.6 Å². The number of hydrogen-bond acceptors (Lipinski definition) is 7. The van der Waals surface area contributed by atoms with Crippen LogP contribution in [-0.4, -0.2) is 24.1 Å². The summed E-state index contributed by atoms with van der Waals surface area (Å²) in [4.78, 5) is 13.5. The van der Waals surface area contributed by atoms with Gasteiger partial charge in [-0.25, -0.2) is 13.4 Å². The number of hydrogen-bond donors (Lipinski definition) is 1. The summed E-state index contributed by atoms with van der Waals surface area (Å²) < 4.78 is 53.7. The van der Waals surface area contributed by atoms with E-state index in [1.807, 2.05) is 20.8 Å². The van der Waals surface area contributed by atoms with Gasteiger partial charge >= 0.3 is 5.76 Å². The van der Waals surface area contributed by atoms with Crippen LogP contribution in [0.5, 0.6) is 0 Å². The number of halogens is 2. The Morgan fingerprint density at radius 3 is 2.50 bits per heavy atom. The molecule has 1 aromatic carbocycles. The van der Waals surface area contributed by atoms with Gasteiger partial charge in [-0.05, 0) is 12.1 Å². The molecule has 2 rings (SSSR count). The number of nitro groups is 1. The average molecular weight is 389 g/mol. The van der Waals surface area contributed by atoms with Crippen molar-refractivity contribution in [2.75, 3.05) is 5.32 Å². The predicted octanol–water partition coefficient (Wildman–Crippen LogP) is 3.49. The molecule has 1 heterocycles. The van der Waals surface area contributed by atoms with Crippen molar-refractivity contribution in [3.8, 4) is 0 Å². The van der Waals surface area contributed by atoms with Crippen LogP contribution < -0.4 is 5.32 Å². The largest absolute Gasteiger partial charge is 0.443 e. The Morgan fingerprint density at radius 1 is 1.35 bits per heavy atom. The summed E-state index contributed by atoms with van der Waals surface area (Å²) >= 11 is 0. The average Bonchev–Trinajstić information content (AvgIpc) is 3.01. The van der Waals surface area contributed by atoms with Crippen molar-refractivity contribution < 1.29 is 26.5 Å². The van der Waals surface area contributed by atoms with Gasteiger partial charge in [-0.2, -0.15) is 8.78 Å². The number of rotatable bonds is 6. The summed E-state index contributed by atoms with van der Waals surface area (Å²) in [5, 5.41) is 13.9. The van der Waals surface area contributed by atoms with Crippen LogP contribution in [0.3, 0.4) is 0 Å². The molecule has 2 aromatic rings. The second kappa shape index (κ2) is 6.98. The molecule has 0 atom stereocenters. The van der Waals surface area contributed by atoms with E-state index in [9.17, 15) is 27.3 Å². The lowest BCUT2D eigenvalue weighted by Gasteiger charge is -2.13. The van der Waals surface area contributed by atoms with Gasteiger partial charge in [0.25, 0.3) is 5.69 Å². The normalized spacial score (nSPS) is 12.4. The molecule has 0 bridgehead atoms. The minimum Gasteiger partial charge on any atom is -0.443 e. The SMILES string of the molecule is CC(C)(C)c1cnc(CNc2ccc(S(=O)(=O)C(F)F)cc2[N+](=O)[O-])o1. The summed E-state index contributed by atoms with van der Waals surface area (Å²) in [5.74, 6) is -2.76. The Balaban J connectivity index is 2.27. The molecule has 0 amide bonds. The van der Waals surface area contributed by atoms with Crippen molar-refractivity contribution in [1.82, 2.24) is 4.98 Å². The molecule has 0 saturated heterocycles. The highest BCUT2D eigenvalue weighted by atomic mass is 32.2. The standard InChI is InChI=1S/C15H17F2N3O5S/c1-15(2,3)12-7-19-13(25-12)8-18-10-5-4-9(6-11(10)20(21)22)26(23,24)14(16)17/h4-7,14,18H,8H2,1-3H3. The highest BCUT2D eigenvalue weighted by Gasteiger charge is 2.29. The smallest absolute Gasteiger partial charge is 0.341 e. The third-order valence-corrected chi connectivity index (χ3v) is 4.83. The van der Waals surface area contributed by atoms with Crippen molar-refractivity contribution in [2.45, 2.75) is 43.4 Å². The van der Waals surface area contributed by atoms with E-state index in [1.54, 1.807) is 6.20 Å². The lowest BCUT2D eigenvalue weighted by atomic mass is 9.94. The molecule has 0 aliphatic heterocycles. The Hall–Kier alpha value is -2.56. The monoisotopic (exact) mass is 389 g/mol. The molecule has 0 spiro atoms. The lowest BCUT2D eigenvalue weighted by molar-refractivity contribution is -0.384. The van der Waals surface area contributed by atoms with Gasteiger partial charge in [0.15, 0.2) is 0 Å². The molecule has 0 saturated carbocycles. The molecule has 0 fully saturated rings. The number of aromatic nitrogens is 1. The number of nitrogens with zero attached hydrogens (tertiary/aromatic N) is 2. The van der Waals surface area contributed by atoms with Crippen LogP contribution in [-0.2, 0) is 21.8 Å². The fourth-order valence-electron chi connectivity index (χ4n) is 2.00. The molecule has 1 aromatic heterocycles. The molecule has 142 valence electrons. The van der Waals surface area contributed by atoms with Gasteiger partial charge in [0.1, 0.15) is 11.4 Å². The Morgan fingerprint density at radius 2 is 2.00 bits per heavy atom. The van der Waals surface area contributed by atoms with Crippen LogP contribution in [0.2, 0.25) is 0 Å². The molecule has 0 aliphatic rings. The number of nitro benzene ring substituents is 1. The molecular weight excluding hydrogens is 372 g/mol. The van der Waals surface area contributed by atoms with E-state index in [-0.39, 0.29) is 23.5 Å². The maximum absolute atomic E-state index is 12.6. The third-order valence-electron chi connectivity index (χ3n) is 3.45. The number of benzene rings is 1. The van der Waals surface area contributed by atoms with Gasteiger partial charge in [-0.1, -0.05) is 20.8 Å². The maximum atomic E-state index is 12.6. The van der Waals surface area contributed by atoms with Gasteiger partial charge in [-0.15, -0.1) is 0 Å². The van der Waals surface area contributed by atoms with Crippen molar-refractivity contribution in [3.05, 3.63) is 46.2 Å². The maximum Gasteiger partial charge on any atom is 0.341 e. The summed E-state index contributed by atoms with van der Waals surface area (Å²) in [6, 6.07) is 2.54. The molecule has 8 nitrogen and oxygen atoms in total. The van der Waals surface area contributed by atoms with Gasteiger partial charge in [0.2, 0.25) is 15.7 Å². The highest BCUT2D eigenvalue weighted by molar-refractivity contribution is 7.91. The van der Waals surface area contributed by atoms with Crippen LogP contribution in [0.1, 0.15) is 32.4 Å². The van der Waals surface area contributed by atoms with E-state index in [1.165, 1.54) is 0 Å². The summed E-state index contributed by atoms with van der Waals surface area (Å²) in [5.41, 5.74) is -0.948. The fraction of sp³-hybridized carbons (Fsp3) is 0.400. The van der Waals surface area contributed by atoms with Crippen LogP contribution in [0.15, 0.2) is 33.7 Å². The molecular formula is C15H17F2N3O5S. The first kappa shape index (κ1) is 19.8. The van der Waals surface area contributed by atoms with Gasteiger partial charge in [0, 0.05) is 11.5 Å². The number of anilines is 1. The van der Waals surface area contributed by atoms with Crippen LogP contribution in [0, 0.1) is 10.1 Å². The van der Waals surface area contributed by atoms with E-state index in [4.69, 9.17) is 4.42 Å². The first-order valence-corrected chi connectivity index (χ1v) is 8.97. The minimum atomic E-state index is -4.93. The summed E-state index contributed by atoms with van der Waals surface area (Å²) in [6.07, 6.45) is 1.55. The molecule has 26 heavy (non-hydrogen) atoms. The Labute approximate surface area is 148 Å². The van der Waals surface area contributed by atoms with E-state index in [0.29, 0.717) is 11.8 Å². The van der Waals surface area contributed by atoms with Crippen molar-refractivity contribution >= 4 is 21.2 Å². The van der Waals surface area contributed by atoms with Crippen LogP contribution in [0.4, 0.5) is 20.2 Å². The minimum absolute atomic E-state index is 0.00212. The fourth-order valence-corrected chi connectivity index (χ4v) is 2.74. The zero-order valence-corrected chi connectivity index (χ0v) is 15.0. The van der Waals surface area contributed by atoms with E-state index in [2.05, 4.69) is 10.3 Å². The van der Waals surface area contributed by atoms with Crippen molar-refractivity contribution in [3.63, 3.8) is 0 Å². The van der Waals surface area contributed by atoms with E-state index in [0.717, 1.165) is 12.1 Å². The lowest BCUT2D eigenvalue weighted by Crippen LogP contribution is -2.12. The molecule has 0 aliphatic carbocycles. The van der Waals surface area contributed by atoms with Gasteiger partial charge in [-0.3, -0.25) is 10.1 Å². The second-order valence-electron chi connectivity index (χ2n) is 6.46. The Bertz CT molecular complexity index is 920. The number of sulfone groups is 1. The predicted molar refractivity (Wildman–Crippen MR) is 88.8 cm³/mol. The second-order valence-corrected chi connectivity index (χ2v) is 8.38. The van der Waals surface area contributed by atoms with Crippen LogP contribution in [0.25, 0.3) is 0 Å². The molecule has 0 unspecified atom stereocenters. The van der Waals surface area contributed by atoms with Crippen molar-refractivity contribution in [2.24, 2.45) is 0 Å². The molecule has 0 radical (unpaired) electrons. The zero-order chi connectivity index (χ0) is 19.7. The first-order valence-electron chi connectivity index (χ1n) is 7.42. The van der Waals surface area contributed by atoms with Crippen LogP contribution >= 0.6 is 0 Å². The van der Waals surface area contributed by atoms with Gasteiger partial charge < -0.3 is 9.73 Å². The van der Waals surface area contributed by atoms with E-state index < -0.39 is 31.1 Å².